The second-order valence-electron chi connectivity index (χ2n) is 2.35. The minimum absolute atomic E-state index is 0.210. The van der Waals surface area contributed by atoms with Crippen LogP contribution in [0.5, 0.6) is 0 Å². The van der Waals surface area contributed by atoms with Crippen molar-refractivity contribution in [3.8, 4) is 0 Å². The first-order valence-electron chi connectivity index (χ1n) is 3.16. The van der Waals surface area contributed by atoms with Gasteiger partial charge in [0.05, 0.1) is 15.9 Å². The summed E-state index contributed by atoms with van der Waals surface area (Å²) in [4.78, 5) is 9.87. The summed E-state index contributed by atoms with van der Waals surface area (Å²) in [5.41, 5.74) is 0.167. The van der Waals surface area contributed by atoms with E-state index < -0.39 is 10.7 Å². The highest BCUT2D eigenvalue weighted by Crippen LogP contribution is 2.26. The molecule has 0 aliphatic rings. The van der Waals surface area contributed by atoms with Crippen LogP contribution in [0.3, 0.4) is 0 Å². The molecule has 0 atom stereocenters. The number of rotatable bonds is 1. The van der Waals surface area contributed by atoms with Gasteiger partial charge in [-0.1, -0.05) is 0 Å². The fourth-order valence-electron chi connectivity index (χ4n) is 0.857. The summed E-state index contributed by atoms with van der Waals surface area (Å²) >= 11 is 3.89. The lowest BCUT2D eigenvalue weighted by Gasteiger charge is -1.99. The molecule has 1 aromatic carbocycles. The second kappa shape index (κ2) is 3.10. The third kappa shape index (κ3) is 1.55. The van der Waals surface area contributed by atoms with Crippen molar-refractivity contribution in [3.63, 3.8) is 0 Å². The molecule has 1 aromatic rings. The van der Waals surface area contributed by atoms with E-state index in [0.29, 0.717) is 5.56 Å². The number of halogens is 1. The highest BCUT2D eigenvalue weighted by Gasteiger charge is 2.14. The molecule has 0 heterocycles. The number of hydrogen-bond acceptors (Lipinski definition) is 3. The van der Waals surface area contributed by atoms with Crippen LogP contribution in [0.25, 0.3) is 0 Å². The zero-order valence-corrected chi connectivity index (χ0v) is 7.14. The van der Waals surface area contributed by atoms with Crippen LogP contribution < -0.4 is 0 Å². The Balaban J connectivity index is 3.37. The molecule has 5 heteroatoms. The SMILES string of the molecule is Cc1cc(F)cc([N+](=O)[O-])c1S. The molecule has 0 aliphatic carbocycles. The van der Waals surface area contributed by atoms with Gasteiger partial charge in [-0.3, -0.25) is 10.1 Å². The average Bonchev–Trinajstić information content (AvgIpc) is 1.96. The van der Waals surface area contributed by atoms with E-state index in [9.17, 15) is 14.5 Å². The van der Waals surface area contributed by atoms with Crippen LogP contribution in [0.1, 0.15) is 5.56 Å². The topological polar surface area (TPSA) is 43.1 Å². The Hall–Kier alpha value is -1.10. The molecule has 0 spiro atoms. The van der Waals surface area contributed by atoms with Crippen molar-refractivity contribution in [1.82, 2.24) is 0 Å². The first-order chi connectivity index (χ1) is 5.52. The number of thiol groups is 1. The Morgan fingerprint density at radius 1 is 1.58 bits per heavy atom. The van der Waals surface area contributed by atoms with Crippen LogP contribution in [0.2, 0.25) is 0 Å². The molecule has 0 N–H and O–H groups in total. The molecule has 0 unspecified atom stereocenters. The molecule has 0 saturated carbocycles. The predicted octanol–water partition coefficient (Wildman–Crippen LogP) is 2.33. The van der Waals surface area contributed by atoms with Crippen LogP contribution in [0, 0.1) is 22.9 Å². The molecular formula is C7H6FNO2S. The first kappa shape index (κ1) is 8.99. The molecule has 0 aromatic heterocycles. The molecule has 12 heavy (non-hydrogen) atoms. The van der Waals surface area contributed by atoms with Gasteiger partial charge < -0.3 is 0 Å². The van der Waals surface area contributed by atoms with Crippen molar-refractivity contribution in [2.45, 2.75) is 11.8 Å². The Labute approximate surface area is 73.8 Å². The Bertz CT molecular complexity index is 340. The summed E-state index contributed by atoms with van der Waals surface area (Å²) < 4.78 is 12.6. The van der Waals surface area contributed by atoms with Gasteiger partial charge in [-0.15, -0.1) is 12.6 Å². The minimum atomic E-state index is -0.654. The molecule has 0 aliphatic heterocycles. The van der Waals surface area contributed by atoms with Crippen LogP contribution in [0.4, 0.5) is 10.1 Å². The van der Waals surface area contributed by atoms with Crippen LogP contribution in [-0.4, -0.2) is 4.92 Å². The number of benzene rings is 1. The molecule has 3 nitrogen and oxygen atoms in total. The van der Waals surface area contributed by atoms with E-state index >= 15 is 0 Å². The van der Waals surface area contributed by atoms with Crippen LogP contribution in [0.15, 0.2) is 17.0 Å². The maximum absolute atomic E-state index is 12.6. The van der Waals surface area contributed by atoms with Gasteiger partial charge in [0.25, 0.3) is 5.69 Å². The third-order valence-electron chi connectivity index (χ3n) is 1.44. The van der Waals surface area contributed by atoms with Gasteiger partial charge in [0, 0.05) is 0 Å². The highest BCUT2D eigenvalue weighted by molar-refractivity contribution is 7.80. The van der Waals surface area contributed by atoms with E-state index in [4.69, 9.17) is 0 Å². The van der Waals surface area contributed by atoms with E-state index in [0.717, 1.165) is 6.07 Å². The normalized spacial score (nSPS) is 9.92. The van der Waals surface area contributed by atoms with E-state index in [-0.39, 0.29) is 10.6 Å². The van der Waals surface area contributed by atoms with Crippen molar-refractivity contribution in [3.05, 3.63) is 33.6 Å². The fourth-order valence-corrected chi connectivity index (χ4v) is 1.07. The summed E-state index contributed by atoms with van der Waals surface area (Å²) in [6.07, 6.45) is 0. The summed E-state index contributed by atoms with van der Waals surface area (Å²) in [5.74, 6) is -0.614. The Morgan fingerprint density at radius 2 is 2.17 bits per heavy atom. The fraction of sp³-hybridized carbons (Fsp3) is 0.143. The Kier molecular flexibility index (Phi) is 2.32. The van der Waals surface area contributed by atoms with E-state index in [1.807, 2.05) is 0 Å². The van der Waals surface area contributed by atoms with E-state index in [1.54, 1.807) is 6.92 Å². The monoisotopic (exact) mass is 187 g/mol. The quantitative estimate of drug-likeness (QED) is 0.416. The lowest BCUT2D eigenvalue weighted by atomic mass is 10.2. The van der Waals surface area contributed by atoms with E-state index in [2.05, 4.69) is 12.6 Å². The predicted molar refractivity (Wildman–Crippen MR) is 45.0 cm³/mol. The van der Waals surface area contributed by atoms with E-state index in [1.165, 1.54) is 6.07 Å². The van der Waals surface area contributed by atoms with Crippen molar-refractivity contribution in [2.75, 3.05) is 0 Å². The van der Waals surface area contributed by atoms with Crippen molar-refractivity contribution >= 4 is 18.3 Å². The molecule has 0 saturated heterocycles. The molecule has 1 rings (SSSR count). The zero-order valence-electron chi connectivity index (χ0n) is 6.24. The number of nitro groups is 1. The minimum Gasteiger partial charge on any atom is -0.258 e. The maximum atomic E-state index is 12.6. The van der Waals surface area contributed by atoms with Gasteiger partial charge in [0.15, 0.2) is 0 Å². The van der Waals surface area contributed by atoms with Crippen molar-refractivity contribution < 1.29 is 9.31 Å². The van der Waals surface area contributed by atoms with Gasteiger partial charge >= 0.3 is 0 Å². The molecule has 0 radical (unpaired) electrons. The smallest absolute Gasteiger partial charge is 0.258 e. The lowest BCUT2D eigenvalue weighted by molar-refractivity contribution is -0.387. The van der Waals surface area contributed by atoms with Gasteiger partial charge in [0.1, 0.15) is 5.82 Å². The summed E-state index contributed by atoms with van der Waals surface area (Å²) in [6.45, 7) is 1.57. The molecule has 0 fully saturated rings. The third-order valence-corrected chi connectivity index (χ3v) is 2.02. The van der Waals surface area contributed by atoms with Gasteiger partial charge in [0.2, 0.25) is 0 Å². The molecule has 0 bridgehead atoms. The largest absolute Gasteiger partial charge is 0.285 e. The standard InChI is InChI=1S/C7H6FNO2S/c1-4-2-5(8)3-6(7(4)12)9(10)11/h2-3,12H,1H3. The first-order valence-corrected chi connectivity index (χ1v) is 3.60. The highest BCUT2D eigenvalue weighted by atomic mass is 32.1. The van der Waals surface area contributed by atoms with Crippen molar-refractivity contribution in [2.24, 2.45) is 0 Å². The van der Waals surface area contributed by atoms with Gasteiger partial charge in [-0.05, 0) is 18.6 Å². The average molecular weight is 187 g/mol. The van der Waals surface area contributed by atoms with Crippen LogP contribution in [-0.2, 0) is 0 Å². The molecule has 64 valence electrons. The second-order valence-corrected chi connectivity index (χ2v) is 2.79. The molecule has 0 amide bonds. The van der Waals surface area contributed by atoms with Gasteiger partial charge in [-0.25, -0.2) is 4.39 Å². The number of hydrogen-bond donors (Lipinski definition) is 1. The Morgan fingerprint density at radius 3 is 2.67 bits per heavy atom. The lowest BCUT2D eigenvalue weighted by Crippen LogP contribution is -1.92. The molecular weight excluding hydrogens is 181 g/mol. The number of aryl methyl sites for hydroxylation is 1. The summed E-state index contributed by atoms with van der Waals surface area (Å²) in [7, 11) is 0. The van der Waals surface area contributed by atoms with Gasteiger partial charge in [-0.2, -0.15) is 0 Å². The zero-order chi connectivity index (χ0) is 9.30. The van der Waals surface area contributed by atoms with Crippen LogP contribution >= 0.6 is 12.6 Å². The summed E-state index contributed by atoms with van der Waals surface area (Å²) in [5, 5.41) is 10.3. The van der Waals surface area contributed by atoms with Crippen molar-refractivity contribution in [1.29, 1.82) is 0 Å². The number of nitro benzene ring substituents is 1. The summed E-state index contributed by atoms with van der Waals surface area (Å²) in [6, 6.07) is 2.06. The number of nitrogens with zero attached hydrogens (tertiary/aromatic N) is 1. The maximum Gasteiger partial charge on any atom is 0.285 e.